The van der Waals surface area contributed by atoms with Crippen LogP contribution in [-0.4, -0.2) is 28.4 Å². The number of anilines is 1. The van der Waals surface area contributed by atoms with Crippen molar-refractivity contribution < 1.29 is 18.2 Å². The van der Waals surface area contributed by atoms with Crippen LogP contribution in [-0.2, 0) is 16.1 Å². The summed E-state index contributed by atoms with van der Waals surface area (Å²) in [6.07, 6.45) is 0. The SMILES string of the molecule is COC/C(=C(/N)c1nc(-c2ccc([S+](N)[O-])cc2)no1)N(N)c1ccccc1F. The fourth-order valence-electron chi connectivity index (χ4n) is 2.52. The number of methoxy groups -OCH3 is 1. The van der Waals surface area contributed by atoms with Crippen molar-refractivity contribution in [2.24, 2.45) is 16.7 Å². The maximum absolute atomic E-state index is 14.1. The average molecular weight is 418 g/mol. The van der Waals surface area contributed by atoms with Gasteiger partial charge in [0, 0.05) is 12.7 Å². The molecule has 9 nitrogen and oxygen atoms in total. The molecule has 2 aromatic carbocycles. The molecule has 0 bridgehead atoms. The van der Waals surface area contributed by atoms with Gasteiger partial charge < -0.3 is 19.5 Å². The van der Waals surface area contributed by atoms with Gasteiger partial charge in [0.1, 0.15) is 11.5 Å². The molecule has 1 aromatic heterocycles. The maximum atomic E-state index is 14.1. The molecule has 0 spiro atoms. The van der Waals surface area contributed by atoms with Gasteiger partial charge in [0.25, 0.3) is 5.89 Å². The van der Waals surface area contributed by atoms with Crippen LogP contribution in [0, 0.1) is 5.82 Å². The quantitative estimate of drug-likeness (QED) is 0.294. The molecule has 0 fully saturated rings. The molecule has 29 heavy (non-hydrogen) atoms. The third kappa shape index (κ3) is 4.55. The third-order valence-electron chi connectivity index (χ3n) is 4.00. The van der Waals surface area contributed by atoms with Crippen LogP contribution in [0.4, 0.5) is 10.1 Å². The Morgan fingerprint density at radius 1 is 1.24 bits per heavy atom. The normalized spacial score (nSPS) is 13.1. The molecular formula is C18H19FN6O3S. The zero-order valence-electron chi connectivity index (χ0n) is 15.4. The summed E-state index contributed by atoms with van der Waals surface area (Å²) in [5.41, 5.74) is 7.16. The van der Waals surface area contributed by atoms with E-state index in [4.69, 9.17) is 26.0 Å². The molecular weight excluding hydrogens is 399 g/mol. The zero-order valence-corrected chi connectivity index (χ0v) is 16.2. The Kier molecular flexibility index (Phi) is 6.46. The first kappa shape index (κ1) is 20.8. The van der Waals surface area contributed by atoms with E-state index in [0.717, 1.165) is 5.01 Å². The van der Waals surface area contributed by atoms with Crippen LogP contribution < -0.4 is 21.7 Å². The van der Waals surface area contributed by atoms with E-state index in [9.17, 15) is 8.94 Å². The van der Waals surface area contributed by atoms with Crippen LogP contribution in [0.3, 0.4) is 0 Å². The van der Waals surface area contributed by atoms with Crippen LogP contribution in [0.5, 0.6) is 0 Å². The van der Waals surface area contributed by atoms with Crippen molar-refractivity contribution in [2.75, 3.05) is 18.7 Å². The topological polar surface area (TPSA) is 153 Å². The molecule has 152 valence electrons. The smallest absolute Gasteiger partial charge is 0.276 e. The van der Waals surface area contributed by atoms with E-state index >= 15 is 0 Å². The van der Waals surface area contributed by atoms with Crippen molar-refractivity contribution in [3.63, 3.8) is 0 Å². The number of ether oxygens (including phenoxy) is 1. The lowest BCUT2D eigenvalue weighted by molar-refractivity contribution is 0.223. The summed E-state index contributed by atoms with van der Waals surface area (Å²) in [5.74, 6) is 5.79. The lowest BCUT2D eigenvalue weighted by Crippen LogP contribution is -2.35. The number of hydrogen-bond acceptors (Lipinski definition) is 9. The van der Waals surface area contributed by atoms with Gasteiger partial charge in [-0.05, 0) is 36.4 Å². The highest BCUT2D eigenvalue weighted by Gasteiger charge is 2.20. The van der Waals surface area contributed by atoms with E-state index in [2.05, 4.69) is 10.1 Å². The number of hydrogen-bond donors (Lipinski definition) is 3. The minimum atomic E-state index is -1.59. The molecule has 0 radical (unpaired) electrons. The highest BCUT2D eigenvalue weighted by Crippen LogP contribution is 2.25. The predicted molar refractivity (Wildman–Crippen MR) is 106 cm³/mol. The summed E-state index contributed by atoms with van der Waals surface area (Å²) in [4.78, 5) is 4.72. The molecule has 0 aliphatic rings. The lowest BCUT2D eigenvalue weighted by atomic mass is 10.2. The first-order valence-electron chi connectivity index (χ1n) is 8.30. The molecule has 1 heterocycles. The standard InChI is InChI=1S/C18H19FN6O3S/c1-27-10-15(25(21)14-5-3-2-4-13(14)19)16(20)18-23-17(24-28-18)11-6-8-12(9-7-11)29(22)26/h2-9H,10,20-22H2,1H3/b16-15-. The second kappa shape index (κ2) is 9.03. The first-order valence-corrected chi connectivity index (χ1v) is 9.51. The van der Waals surface area contributed by atoms with E-state index in [1.54, 1.807) is 36.4 Å². The maximum Gasteiger partial charge on any atom is 0.276 e. The summed E-state index contributed by atoms with van der Waals surface area (Å²) < 4.78 is 35.8. The second-order valence-corrected chi connectivity index (χ2v) is 6.93. The number of hydrazine groups is 1. The second-order valence-electron chi connectivity index (χ2n) is 5.86. The van der Waals surface area contributed by atoms with E-state index in [1.807, 2.05) is 0 Å². The summed E-state index contributed by atoms with van der Waals surface area (Å²) in [7, 11) is 1.45. The summed E-state index contributed by atoms with van der Waals surface area (Å²) in [5, 5.41) is 10.3. The van der Waals surface area contributed by atoms with Gasteiger partial charge in [-0.3, -0.25) is 5.01 Å². The monoisotopic (exact) mass is 418 g/mol. The van der Waals surface area contributed by atoms with Crippen molar-refractivity contribution >= 4 is 22.7 Å². The van der Waals surface area contributed by atoms with Crippen LogP contribution in [0.15, 0.2) is 63.6 Å². The van der Waals surface area contributed by atoms with Crippen LogP contribution in [0.1, 0.15) is 5.89 Å². The molecule has 1 unspecified atom stereocenters. The van der Waals surface area contributed by atoms with Crippen molar-refractivity contribution in [1.82, 2.24) is 10.1 Å². The van der Waals surface area contributed by atoms with Crippen LogP contribution in [0.2, 0.25) is 0 Å². The summed E-state index contributed by atoms with van der Waals surface area (Å²) in [6, 6.07) is 12.5. The van der Waals surface area contributed by atoms with Crippen molar-refractivity contribution in [1.29, 1.82) is 0 Å². The largest absolute Gasteiger partial charge is 0.593 e. The molecule has 1 atom stereocenters. The fourth-order valence-corrected chi connectivity index (χ4v) is 2.92. The molecule has 3 aromatic rings. The predicted octanol–water partition coefficient (Wildman–Crippen LogP) is 1.51. The van der Waals surface area contributed by atoms with Gasteiger partial charge in [0.15, 0.2) is 4.90 Å². The first-order chi connectivity index (χ1) is 13.9. The minimum absolute atomic E-state index is 0.00897. The number of para-hydroxylation sites is 1. The molecule has 6 N–H and O–H groups in total. The Bertz CT molecular complexity index is 1010. The number of aromatic nitrogens is 2. The van der Waals surface area contributed by atoms with Gasteiger partial charge in [-0.1, -0.05) is 17.3 Å². The van der Waals surface area contributed by atoms with Gasteiger partial charge in [-0.2, -0.15) is 4.98 Å². The number of halogens is 1. The summed E-state index contributed by atoms with van der Waals surface area (Å²) in [6.45, 7) is -0.0224. The molecule has 0 aliphatic heterocycles. The summed E-state index contributed by atoms with van der Waals surface area (Å²) >= 11 is -1.59. The van der Waals surface area contributed by atoms with Gasteiger partial charge in [-0.15, -0.1) is 5.14 Å². The number of nitrogens with zero attached hydrogens (tertiary/aromatic N) is 3. The van der Waals surface area contributed by atoms with Crippen LogP contribution >= 0.6 is 0 Å². The van der Waals surface area contributed by atoms with E-state index < -0.39 is 17.2 Å². The van der Waals surface area contributed by atoms with Gasteiger partial charge in [0.05, 0.1) is 29.4 Å². The molecule has 3 rings (SSSR count). The van der Waals surface area contributed by atoms with Gasteiger partial charge in [-0.25, -0.2) is 10.2 Å². The fraction of sp³-hybridized carbons (Fsp3) is 0.111. The molecule has 0 saturated carbocycles. The third-order valence-corrected chi connectivity index (χ3v) is 4.73. The Balaban J connectivity index is 1.95. The van der Waals surface area contributed by atoms with E-state index in [-0.39, 0.29) is 35.4 Å². The van der Waals surface area contributed by atoms with Gasteiger partial charge in [0.2, 0.25) is 5.82 Å². The number of benzene rings is 2. The molecule has 0 amide bonds. The lowest BCUT2D eigenvalue weighted by Gasteiger charge is -2.23. The zero-order chi connectivity index (χ0) is 21.0. The minimum Gasteiger partial charge on any atom is -0.593 e. The number of nitrogens with two attached hydrogens (primary N) is 3. The Hall–Kier alpha value is -2.96. The Morgan fingerprint density at radius 2 is 1.93 bits per heavy atom. The van der Waals surface area contributed by atoms with E-state index in [1.165, 1.54) is 19.2 Å². The Labute approximate surface area is 169 Å². The molecule has 11 heteroatoms. The van der Waals surface area contributed by atoms with Crippen LogP contribution in [0.25, 0.3) is 17.1 Å². The van der Waals surface area contributed by atoms with Crippen molar-refractivity contribution in [3.8, 4) is 11.4 Å². The van der Waals surface area contributed by atoms with Gasteiger partial charge >= 0.3 is 0 Å². The highest BCUT2D eigenvalue weighted by molar-refractivity contribution is 7.89. The number of rotatable bonds is 7. The van der Waals surface area contributed by atoms with E-state index in [0.29, 0.717) is 10.5 Å². The van der Waals surface area contributed by atoms with Crippen molar-refractivity contribution in [3.05, 3.63) is 65.9 Å². The average Bonchev–Trinajstić information content (AvgIpc) is 3.22. The van der Waals surface area contributed by atoms with Crippen molar-refractivity contribution in [2.45, 2.75) is 4.90 Å². The highest BCUT2D eigenvalue weighted by atomic mass is 32.2. The Morgan fingerprint density at radius 3 is 2.55 bits per heavy atom. The molecule has 0 aliphatic carbocycles. The molecule has 0 saturated heterocycles.